The van der Waals surface area contributed by atoms with Crippen LogP contribution >= 0.6 is 0 Å². The summed E-state index contributed by atoms with van der Waals surface area (Å²) >= 11 is 0. The molecular weight excluding hydrogens is 374 g/mol. The van der Waals surface area contributed by atoms with Crippen LogP contribution in [0, 0.1) is 5.92 Å². The first-order chi connectivity index (χ1) is 14.2. The van der Waals surface area contributed by atoms with Crippen LogP contribution in [0.3, 0.4) is 0 Å². The Morgan fingerprint density at radius 1 is 1.31 bits per heavy atom. The number of ether oxygens (including phenoxy) is 2. The molecule has 0 N–H and O–H groups in total. The topological polar surface area (TPSA) is 95.5 Å². The summed E-state index contributed by atoms with van der Waals surface area (Å²) in [5.74, 6) is 1.63. The highest BCUT2D eigenvalue weighted by atomic mass is 16.5. The molecule has 158 valence electrons. The maximum atomic E-state index is 12.9. The third kappa shape index (κ3) is 4.84. The SMILES string of the molecule is CCn1ccc(C(=O)N2CCCC2c2nc(CCOCC3CCOCC3)no2)n1. The fourth-order valence-corrected chi connectivity index (χ4v) is 3.90. The van der Waals surface area contributed by atoms with Crippen LogP contribution in [0.4, 0.5) is 0 Å². The molecule has 2 fully saturated rings. The van der Waals surface area contributed by atoms with Gasteiger partial charge in [-0.15, -0.1) is 0 Å². The number of carbonyl (C=O) groups is 1. The Labute approximate surface area is 170 Å². The second-order valence-corrected chi connectivity index (χ2v) is 7.64. The minimum absolute atomic E-state index is 0.0840. The van der Waals surface area contributed by atoms with Gasteiger partial charge in [0.2, 0.25) is 5.89 Å². The quantitative estimate of drug-likeness (QED) is 0.624. The van der Waals surface area contributed by atoms with E-state index < -0.39 is 0 Å². The van der Waals surface area contributed by atoms with Crippen LogP contribution in [0.15, 0.2) is 16.8 Å². The number of carbonyl (C=O) groups excluding carboxylic acids is 1. The average molecular weight is 403 g/mol. The van der Waals surface area contributed by atoms with Crippen molar-refractivity contribution in [3.63, 3.8) is 0 Å². The molecule has 0 bridgehead atoms. The number of aryl methyl sites for hydroxylation is 1. The summed E-state index contributed by atoms with van der Waals surface area (Å²) in [6.45, 7) is 6.39. The van der Waals surface area contributed by atoms with Crippen LogP contribution in [0.2, 0.25) is 0 Å². The fourth-order valence-electron chi connectivity index (χ4n) is 3.90. The van der Waals surface area contributed by atoms with Crippen LogP contribution < -0.4 is 0 Å². The van der Waals surface area contributed by atoms with Crippen molar-refractivity contribution < 1.29 is 18.8 Å². The highest BCUT2D eigenvalue weighted by Gasteiger charge is 2.35. The van der Waals surface area contributed by atoms with Gasteiger partial charge in [0.25, 0.3) is 5.91 Å². The van der Waals surface area contributed by atoms with Gasteiger partial charge >= 0.3 is 0 Å². The molecule has 0 aliphatic carbocycles. The molecule has 0 spiro atoms. The van der Waals surface area contributed by atoms with Crippen LogP contribution in [-0.2, 0) is 22.4 Å². The van der Waals surface area contributed by atoms with E-state index in [2.05, 4.69) is 15.2 Å². The molecule has 1 amide bonds. The maximum absolute atomic E-state index is 12.9. The summed E-state index contributed by atoms with van der Waals surface area (Å²) in [6, 6.07) is 1.58. The molecule has 9 heteroatoms. The molecule has 2 saturated heterocycles. The standard InChI is InChI=1S/C20H29N5O4/c1-2-24-10-5-16(22-24)20(26)25-9-3-4-17(25)19-21-18(23-29-19)8-13-28-14-15-6-11-27-12-7-15/h5,10,15,17H,2-4,6-9,11-14H2,1H3. The van der Waals surface area contributed by atoms with Gasteiger partial charge in [0.15, 0.2) is 5.82 Å². The van der Waals surface area contributed by atoms with E-state index in [-0.39, 0.29) is 11.9 Å². The van der Waals surface area contributed by atoms with Gasteiger partial charge < -0.3 is 18.9 Å². The zero-order valence-electron chi connectivity index (χ0n) is 17.0. The molecule has 9 nitrogen and oxygen atoms in total. The van der Waals surface area contributed by atoms with Gasteiger partial charge in [-0.05, 0) is 44.6 Å². The minimum atomic E-state index is -0.182. The number of amides is 1. The van der Waals surface area contributed by atoms with E-state index in [4.69, 9.17) is 14.0 Å². The van der Waals surface area contributed by atoms with Gasteiger partial charge in [-0.25, -0.2) is 0 Å². The van der Waals surface area contributed by atoms with E-state index in [0.29, 0.717) is 42.9 Å². The van der Waals surface area contributed by atoms with Crippen molar-refractivity contribution in [2.75, 3.05) is 33.0 Å². The summed E-state index contributed by atoms with van der Waals surface area (Å²) in [5, 5.41) is 8.41. The lowest BCUT2D eigenvalue weighted by Crippen LogP contribution is -2.31. The number of nitrogens with zero attached hydrogens (tertiary/aromatic N) is 5. The number of hydrogen-bond acceptors (Lipinski definition) is 7. The molecule has 2 aliphatic rings. The van der Waals surface area contributed by atoms with Crippen molar-refractivity contribution in [3.05, 3.63) is 29.7 Å². The average Bonchev–Trinajstić information content (AvgIpc) is 3.51. The monoisotopic (exact) mass is 403 g/mol. The Morgan fingerprint density at radius 3 is 2.97 bits per heavy atom. The second kappa shape index (κ2) is 9.49. The predicted molar refractivity (Wildman–Crippen MR) is 103 cm³/mol. The van der Waals surface area contributed by atoms with Gasteiger partial charge in [0, 0.05) is 45.5 Å². The molecule has 4 heterocycles. The van der Waals surface area contributed by atoms with E-state index in [1.165, 1.54) is 0 Å². The molecule has 0 radical (unpaired) electrons. The smallest absolute Gasteiger partial charge is 0.275 e. The number of likely N-dealkylation sites (tertiary alicyclic amines) is 1. The van der Waals surface area contributed by atoms with Gasteiger partial charge in [-0.1, -0.05) is 5.16 Å². The molecule has 1 unspecified atom stereocenters. The maximum Gasteiger partial charge on any atom is 0.275 e. The minimum Gasteiger partial charge on any atom is -0.381 e. The third-order valence-electron chi connectivity index (χ3n) is 5.63. The van der Waals surface area contributed by atoms with Crippen molar-refractivity contribution in [2.24, 2.45) is 5.92 Å². The van der Waals surface area contributed by atoms with Crippen molar-refractivity contribution in [1.82, 2.24) is 24.8 Å². The lowest BCUT2D eigenvalue weighted by atomic mass is 10.0. The molecule has 2 aliphatic heterocycles. The highest BCUT2D eigenvalue weighted by Crippen LogP contribution is 2.32. The Morgan fingerprint density at radius 2 is 2.17 bits per heavy atom. The van der Waals surface area contributed by atoms with Crippen molar-refractivity contribution in [3.8, 4) is 0 Å². The predicted octanol–water partition coefficient (Wildman–Crippen LogP) is 2.25. The summed E-state index contributed by atoms with van der Waals surface area (Å²) in [5.41, 5.74) is 0.458. The lowest BCUT2D eigenvalue weighted by Gasteiger charge is -2.21. The zero-order valence-corrected chi connectivity index (χ0v) is 17.0. The molecule has 0 aromatic carbocycles. The largest absolute Gasteiger partial charge is 0.381 e. The number of hydrogen-bond donors (Lipinski definition) is 0. The lowest BCUT2D eigenvalue weighted by molar-refractivity contribution is 0.0211. The Kier molecular flexibility index (Phi) is 6.56. The molecule has 2 aromatic heterocycles. The summed E-state index contributed by atoms with van der Waals surface area (Å²) in [7, 11) is 0. The van der Waals surface area contributed by atoms with Gasteiger partial charge in [-0.3, -0.25) is 9.48 Å². The summed E-state index contributed by atoms with van der Waals surface area (Å²) in [4.78, 5) is 19.2. The highest BCUT2D eigenvalue weighted by molar-refractivity contribution is 5.92. The van der Waals surface area contributed by atoms with Gasteiger partial charge in [-0.2, -0.15) is 10.1 Å². The van der Waals surface area contributed by atoms with Crippen molar-refractivity contribution in [2.45, 2.75) is 51.6 Å². The summed E-state index contributed by atoms with van der Waals surface area (Å²) < 4.78 is 18.4. The zero-order chi connectivity index (χ0) is 20.1. The van der Waals surface area contributed by atoms with Crippen LogP contribution in [-0.4, -0.2) is 63.7 Å². The Bertz CT molecular complexity index is 798. The number of aromatic nitrogens is 4. The Balaban J connectivity index is 1.30. The summed E-state index contributed by atoms with van der Waals surface area (Å²) in [6.07, 6.45) is 6.29. The van der Waals surface area contributed by atoms with E-state index in [0.717, 1.165) is 52.0 Å². The van der Waals surface area contributed by atoms with Crippen LogP contribution in [0.5, 0.6) is 0 Å². The fraction of sp³-hybridized carbons (Fsp3) is 0.700. The normalized spacial score (nSPS) is 20.4. The first-order valence-electron chi connectivity index (χ1n) is 10.6. The van der Waals surface area contributed by atoms with Gasteiger partial charge in [0.1, 0.15) is 11.7 Å². The van der Waals surface area contributed by atoms with E-state index in [9.17, 15) is 4.79 Å². The van der Waals surface area contributed by atoms with E-state index in [1.807, 2.05) is 13.1 Å². The second-order valence-electron chi connectivity index (χ2n) is 7.64. The molecule has 29 heavy (non-hydrogen) atoms. The molecule has 2 aromatic rings. The van der Waals surface area contributed by atoms with Crippen LogP contribution in [0.25, 0.3) is 0 Å². The van der Waals surface area contributed by atoms with E-state index in [1.54, 1.807) is 15.6 Å². The molecule has 4 rings (SSSR count). The molecule has 1 atom stereocenters. The van der Waals surface area contributed by atoms with Crippen molar-refractivity contribution in [1.29, 1.82) is 0 Å². The molecule has 0 saturated carbocycles. The Hall–Kier alpha value is -2.26. The van der Waals surface area contributed by atoms with Gasteiger partial charge in [0.05, 0.1) is 6.61 Å². The third-order valence-corrected chi connectivity index (χ3v) is 5.63. The van der Waals surface area contributed by atoms with Crippen LogP contribution in [0.1, 0.15) is 60.9 Å². The first kappa shape index (κ1) is 20.0. The molecular formula is C20H29N5O4. The first-order valence-corrected chi connectivity index (χ1v) is 10.6. The van der Waals surface area contributed by atoms with Crippen molar-refractivity contribution >= 4 is 5.91 Å². The number of rotatable bonds is 8. The van der Waals surface area contributed by atoms with E-state index >= 15 is 0 Å².